The Balaban J connectivity index is 2.13. The van der Waals surface area contributed by atoms with E-state index in [4.69, 9.17) is 5.73 Å². The van der Waals surface area contributed by atoms with Gasteiger partial charge in [-0.3, -0.25) is 0 Å². The number of hydrogen-bond acceptors (Lipinski definition) is 4. The summed E-state index contributed by atoms with van der Waals surface area (Å²) >= 11 is 0. The highest BCUT2D eigenvalue weighted by atomic mass is 15.2. The number of nitrogen functional groups attached to an aromatic ring is 1. The molecule has 1 aliphatic carbocycles. The van der Waals surface area contributed by atoms with Crippen LogP contribution in [0.4, 0.5) is 5.95 Å². The molecule has 0 saturated carbocycles. The molecule has 1 aromatic carbocycles. The Morgan fingerprint density at radius 1 is 1.11 bits per heavy atom. The van der Waals surface area contributed by atoms with Crippen molar-refractivity contribution >= 4 is 5.95 Å². The number of hydrogen-bond donors (Lipinski definition) is 1. The average Bonchev–Trinajstić information content (AvgIpc) is 2.85. The number of nitrogens with zero attached hydrogens (tertiary/aromatic N) is 3. The predicted octanol–water partition coefficient (Wildman–Crippen LogP) is 2.73. The zero-order chi connectivity index (χ0) is 13.4. The Bertz CT molecular complexity index is 620. The molecule has 98 valence electrons. The highest BCUT2D eigenvalue weighted by Crippen LogP contribution is 2.30. The molecule has 1 aromatic heterocycles. The molecule has 2 aromatic rings. The number of anilines is 1. The summed E-state index contributed by atoms with van der Waals surface area (Å²) in [5, 5.41) is 8.09. The Labute approximate surface area is 113 Å². The molecule has 4 heteroatoms. The molecule has 3 rings (SSSR count). The molecule has 0 saturated heterocycles. The van der Waals surface area contributed by atoms with Gasteiger partial charge in [-0.1, -0.05) is 26.0 Å². The number of aryl methyl sites for hydroxylation is 2. The lowest BCUT2D eigenvalue weighted by Crippen LogP contribution is -2.06. The van der Waals surface area contributed by atoms with Crippen LogP contribution in [0.3, 0.4) is 0 Å². The van der Waals surface area contributed by atoms with Crippen LogP contribution in [0.5, 0.6) is 0 Å². The highest BCUT2D eigenvalue weighted by molar-refractivity contribution is 5.65. The quantitative estimate of drug-likeness (QED) is 0.895. The van der Waals surface area contributed by atoms with Crippen LogP contribution < -0.4 is 5.73 Å². The second-order valence-corrected chi connectivity index (χ2v) is 5.40. The lowest BCUT2D eigenvalue weighted by Gasteiger charge is -2.11. The largest absolute Gasteiger partial charge is 0.366 e. The molecule has 2 N–H and O–H groups in total. The number of benzene rings is 1. The maximum Gasteiger partial charge on any atom is 0.240 e. The van der Waals surface area contributed by atoms with Gasteiger partial charge < -0.3 is 5.73 Å². The Morgan fingerprint density at radius 3 is 2.68 bits per heavy atom. The van der Waals surface area contributed by atoms with Crippen LogP contribution in [0.25, 0.3) is 11.3 Å². The zero-order valence-electron chi connectivity index (χ0n) is 11.3. The minimum atomic E-state index is 0.236. The average molecular weight is 254 g/mol. The fraction of sp³-hybridized carbons (Fsp3) is 0.400. The van der Waals surface area contributed by atoms with Gasteiger partial charge in [-0.15, -0.1) is 10.2 Å². The van der Waals surface area contributed by atoms with E-state index in [0.717, 1.165) is 23.4 Å². The number of aromatic nitrogens is 3. The maximum absolute atomic E-state index is 5.69. The molecule has 0 radical (unpaired) electrons. The number of rotatable bonds is 2. The summed E-state index contributed by atoms with van der Waals surface area (Å²) in [6, 6.07) is 6.57. The standard InChI is InChI=1S/C15H18N4/c1-9(2)13-14(17-15(16)19-18-13)12-7-6-10-4-3-5-11(10)8-12/h6-9H,3-5H2,1-2H3,(H2,16,17,19). The molecule has 0 unspecified atom stereocenters. The molecule has 0 spiro atoms. The summed E-state index contributed by atoms with van der Waals surface area (Å²) in [6.07, 6.45) is 3.60. The topological polar surface area (TPSA) is 64.7 Å². The van der Waals surface area contributed by atoms with Gasteiger partial charge in [0.25, 0.3) is 0 Å². The van der Waals surface area contributed by atoms with E-state index >= 15 is 0 Å². The third-order valence-corrected chi connectivity index (χ3v) is 3.65. The van der Waals surface area contributed by atoms with E-state index in [1.54, 1.807) is 0 Å². The molecule has 4 nitrogen and oxygen atoms in total. The van der Waals surface area contributed by atoms with Crippen molar-refractivity contribution in [2.75, 3.05) is 5.73 Å². The van der Waals surface area contributed by atoms with Crippen LogP contribution in [0.1, 0.15) is 43.0 Å². The summed E-state index contributed by atoms with van der Waals surface area (Å²) in [6.45, 7) is 4.19. The molecule has 0 amide bonds. The van der Waals surface area contributed by atoms with Crippen molar-refractivity contribution < 1.29 is 0 Å². The van der Waals surface area contributed by atoms with Crippen molar-refractivity contribution in [3.05, 3.63) is 35.0 Å². The number of fused-ring (bicyclic) bond motifs is 1. The van der Waals surface area contributed by atoms with E-state index in [9.17, 15) is 0 Å². The van der Waals surface area contributed by atoms with Gasteiger partial charge in [0.15, 0.2) is 0 Å². The molecule has 0 aliphatic heterocycles. The maximum atomic E-state index is 5.69. The number of nitrogens with two attached hydrogens (primary N) is 1. The van der Waals surface area contributed by atoms with Crippen LogP contribution in [0.2, 0.25) is 0 Å². The van der Waals surface area contributed by atoms with E-state index in [-0.39, 0.29) is 11.9 Å². The van der Waals surface area contributed by atoms with Crippen molar-refractivity contribution in [3.63, 3.8) is 0 Å². The summed E-state index contributed by atoms with van der Waals surface area (Å²) in [7, 11) is 0. The van der Waals surface area contributed by atoms with Crippen LogP contribution in [0.15, 0.2) is 18.2 Å². The molecule has 0 fully saturated rings. The highest BCUT2D eigenvalue weighted by Gasteiger charge is 2.16. The van der Waals surface area contributed by atoms with Gasteiger partial charge in [-0.2, -0.15) is 0 Å². The van der Waals surface area contributed by atoms with Crippen LogP contribution in [-0.2, 0) is 12.8 Å². The predicted molar refractivity (Wildman–Crippen MR) is 75.8 cm³/mol. The van der Waals surface area contributed by atoms with Crippen molar-refractivity contribution in [1.29, 1.82) is 0 Å². The van der Waals surface area contributed by atoms with Gasteiger partial charge in [0.1, 0.15) is 0 Å². The third-order valence-electron chi connectivity index (χ3n) is 3.65. The first-order chi connectivity index (χ1) is 9.15. The monoisotopic (exact) mass is 254 g/mol. The van der Waals surface area contributed by atoms with E-state index in [0.29, 0.717) is 0 Å². The van der Waals surface area contributed by atoms with Crippen molar-refractivity contribution in [1.82, 2.24) is 15.2 Å². The lowest BCUT2D eigenvalue weighted by molar-refractivity contribution is 0.776. The first kappa shape index (κ1) is 12.1. The SMILES string of the molecule is CC(C)c1nnc(N)nc1-c1ccc2c(c1)CCC2. The molecular weight excluding hydrogens is 236 g/mol. The summed E-state index contributed by atoms with van der Waals surface area (Å²) in [5.41, 5.74) is 11.5. The van der Waals surface area contributed by atoms with Gasteiger partial charge in [-0.05, 0) is 42.4 Å². The Morgan fingerprint density at radius 2 is 1.89 bits per heavy atom. The minimum Gasteiger partial charge on any atom is -0.366 e. The first-order valence-corrected chi connectivity index (χ1v) is 6.77. The van der Waals surface area contributed by atoms with Crippen molar-refractivity contribution in [2.24, 2.45) is 0 Å². The van der Waals surface area contributed by atoms with Crippen LogP contribution in [-0.4, -0.2) is 15.2 Å². The van der Waals surface area contributed by atoms with E-state index in [2.05, 4.69) is 47.2 Å². The van der Waals surface area contributed by atoms with E-state index < -0.39 is 0 Å². The van der Waals surface area contributed by atoms with Gasteiger partial charge >= 0.3 is 0 Å². The first-order valence-electron chi connectivity index (χ1n) is 6.77. The van der Waals surface area contributed by atoms with Crippen molar-refractivity contribution in [3.8, 4) is 11.3 Å². The van der Waals surface area contributed by atoms with Crippen molar-refractivity contribution in [2.45, 2.75) is 39.0 Å². The van der Waals surface area contributed by atoms with Crippen LogP contribution >= 0.6 is 0 Å². The smallest absolute Gasteiger partial charge is 0.240 e. The van der Waals surface area contributed by atoms with E-state index in [1.165, 1.54) is 24.0 Å². The molecule has 0 bridgehead atoms. The Hall–Kier alpha value is -1.97. The van der Waals surface area contributed by atoms with E-state index in [1.807, 2.05) is 0 Å². The molecular formula is C15H18N4. The normalized spacial score (nSPS) is 13.8. The molecule has 1 heterocycles. The third kappa shape index (κ3) is 2.18. The second-order valence-electron chi connectivity index (χ2n) is 5.40. The molecule has 1 aliphatic rings. The van der Waals surface area contributed by atoms with Gasteiger partial charge in [-0.25, -0.2) is 4.98 Å². The summed E-state index contributed by atoms with van der Waals surface area (Å²) in [5.74, 6) is 0.517. The lowest BCUT2D eigenvalue weighted by atomic mass is 9.99. The van der Waals surface area contributed by atoms with Gasteiger partial charge in [0, 0.05) is 5.56 Å². The Kier molecular flexibility index (Phi) is 2.93. The molecule has 19 heavy (non-hydrogen) atoms. The molecule has 0 atom stereocenters. The fourth-order valence-corrected chi connectivity index (χ4v) is 2.67. The fourth-order valence-electron chi connectivity index (χ4n) is 2.67. The second kappa shape index (κ2) is 4.61. The summed E-state index contributed by atoms with van der Waals surface area (Å²) in [4.78, 5) is 4.39. The van der Waals surface area contributed by atoms with Gasteiger partial charge in [0.05, 0.1) is 11.4 Å². The van der Waals surface area contributed by atoms with Gasteiger partial charge in [0.2, 0.25) is 5.95 Å². The zero-order valence-corrected chi connectivity index (χ0v) is 11.3. The summed E-state index contributed by atoms with van der Waals surface area (Å²) < 4.78 is 0. The minimum absolute atomic E-state index is 0.236. The van der Waals surface area contributed by atoms with Crippen LogP contribution in [0, 0.1) is 0 Å².